The molecule has 0 bridgehead atoms. The minimum atomic E-state index is -1.67. The van der Waals surface area contributed by atoms with Crippen molar-refractivity contribution in [3.05, 3.63) is 0 Å². The van der Waals surface area contributed by atoms with Crippen LogP contribution in [0.15, 0.2) is 0 Å². The number of nitrogens with two attached hydrogens (primary N) is 2. The molecule has 15 N–H and O–H groups in total. The highest BCUT2D eigenvalue weighted by atomic mass is 32.2. The highest BCUT2D eigenvalue weighted by molar-refractivity contribution is 7.98. The number of amides is 8. The highest BCUT2D eigenvalue weighted by Crippen LogP contribution is 2.21. The van der Waals surface area contributed by atoms with Crippen molar-refractivity contribution in [2.45, 2.75) is 166 Å². The van der Waals surface area contributed by atoms with Gasteiger partial charge in [0.05, 0.1) is 6.04 Å². The average molecular weight is 1020 g/mol. The zero-order valence-electron chi connectivity index (χ0n) is 40.3. The van der Waals surface area contributed by atoms with Gasteiger partial charge in [-0.15, -0.1) is 0 Å². The van der Waals surface area contributed by atoms with Gasteiger partial charge >= 0.3 is 23.9 Å². The van der Waals surface area contributed by atoms with E-state index in [1.54, 1.807) is 20.1 Å². The van der Waals surface area contributed by atoms with Crippen LogP contribution in [0.3, 0.4) is 0 Å². The Balaban J connectivity index is 3.35. The predicted molar refractivity (Wildman–Crippen MR) is 251 cm³/mol. The molecule has 1 heterocycles. The van der Waals surface area contributed by atoms with Gasteiger partial charge in [0.2, 0.25) is 47.3 Å². The molecule has 1 saturated heterocycles. The minimum Gasteiger partial charge on any atom is -0.481 e. The van der Waals surface area contributed by atoms with Crippen molar-refractivity contribution >= 4 is 82.9 Å². The third-order valence-electron chi connectivity index (χ3n) is 11.5. The number of nitrogens with one attached hydrogen (secondary N) is 7. The van der Waals surface area contributed by atoms with Crippen molar-refractivity contribution in [3.63, 3.8) is 0 Å². The van der Waals surface area contributed by atoms with Crippen molar-refractivity contribution in [1.82, 2.24) is 42.1 Å². The number of carboxylic acids is 4. The Kier molecular flexibility index (Phi) is 28.2. The van der Waals surface area contributed by atoms with E-state index in [2.05, 4.69) is 37.2 Å². The summed E-state index contributed by atoms with van der Waals surface area (Å²) < 4.78 is 0. The summed E-state index contributed by atoms with van der Waals surface area (Å²) in [7, 11) is 0. The van der Waals surface area contributed by atoms with Crippen LogP contribution in [0.4, 0.5) is 0 Å². The number of aliphatic carboxylic acids is 4. The molecule has 70 heavy (non-hydrogen) atoms. The number of carbonyl (C=O) groups excluding carboxylic acids is 8. The summed E-state index contributed by atoms with van der Waals surface area (Å²) in [5, 5.41) is 54.6. The zero-order chi connectivity index (χ0) is 53.2. The van der Waals surface area contributed by atoms with E-state index >= 15 is 0 Å². The Morgan fingerprint density at radius 3 is 1.60 bits per heavy atom. The SMILES string of the molecule is CC[C@H](C)[C@H](NC(=O)[C@H](CCSC)NC(=O)[C@H](C)NC(=O)[C@H](CCC(=O)O)NC(=O)[C@@H](N)CCCCN)C(=O)N[C@@H](CCC(=O)O)C(=O)N[C@@H](CCC(=O)O)C(=O)N1CCC[C@H]1C(=O)N[C@@H](C)C(=O)O. The summed E-state index contributed by atoms with van der Waals surface area (Å²) in [6.45, 7) is 6.16. The summed E-state index contributed by atoms with van der Waals surface area (Å²) in [5.41, 5.74) is 11.4. The zero-order valence-corrected chi connectivity index (χ0v) is 41.1. The molecule has 1 fully saturated rings. The molecular weight excluding hydrogens is 945 g/mol. The summed E-state index contributed by atoms with van der Waals surface area (Å²) in [6.07, 6.45) is 0.651. The van der Waals surface area contributed by atoms with Gasteiger partial charge in [-0.3, -0.25) is 57.5 Å². The number of carbonyl (C=O) groups is 12. The van der Waals surface area contributed by atoms with E-state index in [0.29, 0.717) is 31.6 Å². The molecule has 0 saturated carbocycles. The van der Waals surface area contributed by atoms with Crippen LogP contribution in [0.2, 0.25) is 0 Å². The monoisotopic (exact) mass is 1020 g/mol. The van der Waals surface area contributed by atoms with Crippen molar-refractivity contribution in [2.75, 3.05) is 25.1 Å². The molecule has 0 spiro atoms. The van der Waals surface area contributed by atoms with Crippen LogP contribution in [-0.4, -0.2) is 176 Å². The van der Waals surface area contributed by atoms with E-state index in [1.807, 2.05) is 0 Å². The molecular formula is C43H72N10O16S. The van der Waals surface area contributed by atoms with Gasteiger partial charge in [-0.1, -0.05) is 26.7 Å². The molecule has 0 unspecified atom stereocenters. The number of likely N-dealkylation sites (tertiary alicyclic amines) is 1. The fourth-order valence-corrected chi connectivity index (χ4v) is 7.53. The number of hydrogen-bond acceptors (Lipinski definition) is 15. The number of thioether (sulfide) groups is 1. The average Bonchev–Trinajstić information content (AvgIpc) is 3.80. The van der Waals surface area contributed by atoms with E-state index in [9.17, 15) is 78.0 Å². The standard InChI is InChI=1S/C43H72N10O16S/c1-6-22(2)34(52-39(64)28(18-21-70-5)48-35(60)23(3)46-37(62)26(12-15-31(54)55)49-36(61)25(45)10-7-8-19-44)41(66)50-27(13-16-32(56)57)38(63)51-29(14-17-33(58)59)42(67)53-20-9-11-30(53)40(65)47-24(4)43(68)69/h22-30,34H,6-21,44-45H2,1-5H3,(H,46,62)(H,47,65)(H,48,60)(H,49,61)(H,50,66)(H,51,63)(H,52,64)(H,54,55)(H,56,57)(H,58,59)(H,68,69)/t22-,23-,24-,25-,26-,27-,28-,29-,30-,34-/m0/s1. The third kappa shape index (κ3) is 22.1. The van der Waals surface area contributed by atoms with E-state index in [0.717, 1.165) is 4.90 Å². The maximum atomic E-state index is 14.1. The lowest BCUT2D eigenvalue weighted by Gasteiger charge is -2.31. The van der Waals surface area contributed by atoms with Gasteiger partial charge in [-0.05, 0) is 89.7 Å². The van der Waals surface area contributed by atoms with Gasteiger partial charge in [0, 0.05) is 25.8 Å². The molecule has 26 nitrogen and oxygen atoms in total. The molecule has 27 heteroatoms. The second-order valence-electron chi connectivity index (χ2n) is 17.1. The first-order valence-corrected chi connectivity index (χ1v) is 24.5. The summed E-state index contributed by atoms with van der Waals surface area (Å²) in [4.78, 5) is 155. The van der Waals surface area contributed by atoms with E-state index in [1.165, 1.54) is 25.6 Å². The number of hydrogen-bond donors (Lipinski definition) is 13. The Hall–Kier alpha value is -6.09. The maximum Gasteiger partial charge on any atom is 0.325 e. The van der Waals surface area contributed by atoms with Gasteiger partial charge < -0.3 is 74.0 Å². The lowest BCUT2D eigenvalue weighted by molar-refractivity contribution is -0.145. The molecule has 0 aromatic heterocycles. The summed E-state index contributed by atoms with van der Waals surface area (Å²) in [6, 6.07) is -12.2. The number of rotatable bonds is 34. The maximum absolute atomic E-state index is 14.1. The predicted octanol–water partition coefficient (Wildman–Crippen LogP) is -2.65. The lowest BCUT2D eigenvalue weighted by atomic mass is 9.96. The summed E-state index contributed by atoms with van der Waals surface area (Å²) >= 11 is 1.32. The first kappa shape index (κ1) is 61.9. The van der Waals surface area contributed by atoms with Crippen LogP contribution in [0, 0.1) is 5.92 Å². The van der Waals surface area contributed by atoms with Crippen LogP contribution in [0.25, 0.3) is 0 Å². The van der Waals surface area contributed by atoms with Crippen LogP contribution in [0.1, 0.15) is 111 Å². The third-order valence-corrected chi connectivity index (χ3v) is 12.1. The highest BCUT2D eigenvalue weighted by Gasteiger charge is 2.40. The van der Waals surface area contributed by atoms with Crippen LogP contribution >= 0.6 is 11.8 Å². The first-order chi connectivity index (χ1) is 32.9. The largest absolute Gasteiger partial charge is 0.481 e. The van der Waals surface area contributed by atoms with E-state index in [4.69, 9.17) is 11.5 Å². The second-order valence-corrected chi connectivity index (χ2v) is 18.1. The Morgan fingerprint density at radius 1 is 0.600 bits per heavy atom. The minimum absolute atomic E-state index is 0.0000518. The smallest absolute Gasteiger partial charge is 0.325 e. The number of unbranched alkanes of at least 4 members (excludes halogenated alkanes) is 1. The topological polar surface area (TPSA) is 425 Å². The van der Waals surface area contributed by atoms with Gasteiger partial charge in [0.1, 0.15) is 48.3 Å². The summed E-state index contributed by atoms with van der Waals surface area (Å²) in [5.74, 6) is -12.7. The molecule has 1 rings (SSSR count). The van der Waals surface area contributed by atoms with Gasteiger partial charge in [-0.25, -0.2) is 0 Å². The van der Waals surface area contributed by atoms with Gasteiger partial charge in [0.25, 0.3) is 0 Å². The first-order valence-electron chi connectivity index (χ1n) is 23.1. The van der Waals surface area contributed by atoms with Gasteiger partial charge in [-0.2, -0.15) is 11.8 Å². The second kappa shape index (κ2) is 31.9. The van der Waals surface area contributed by atoms with Crippen molar-refractivity contribution in [2.24, 2.45) is 17.4 Å². The number of nitrogens with zero attached hydrogens (tertiary/aromatic N) is 1. The van der Waals surface area contributed by atoms with Crippen LogP contribution < -0.4 is 48.7 Å². The van der Waals surface area contributed by atoms with Crippen LogP contribution in [-0.2, 0) is 57.5 Å². The van der Waals surface area contributed by atoms with Crippen molar-refractivity contribution in [1.29, 1.82) is 0 Å². The lowest BCUT2D eigenvalue weighted by Crippen LogP contribution is -2.61. The molecule has 1 aliphatic rings. The quantitative estimate of drug-likeness (QED) is 0.0293. The molecule has 8 amide bonds. The fraction of sp³-hybridized carbons (Fsp3) is 0.721. The molecule has 1 aliphatic heterocycles. The molecule has 0 aliphatic carbocycles. The molecule has 0 aromatic rings. The number of carboxylic acid groups (broad SMARTS) is 4. The molecule has 0 radical (unpaired) electrons. The molecule has 10 atom stereocenters. The van der Waals surface area contributed by atoms with Crippen molar-refractivity contribution < 1.29 is 78.0 Å². The van der Waals surface area contributed by atoms with E-state index in [-0.39, 0.29) is 38.6 Å². The van der Waals surface area contributed by atoms with E-state index < -0.39 is 164 Å². The Morgan fingerprint density at radius 2 is 1.09 bits per heavy atom. The fourth-order valence-electron chi connectivity index (χ4n) is 7.06. The Labute approximate surface area is 410 Å². The van der Waals surface area contributed by atoms with Crippen LogP contribution in [0.5, 0.6) is 0 Å². The van der Waals surface area contributed by atoms with Gasteiger partial charge in [0.15, 0.2) is 0 Å². The van der Waals surface area contributed by atoms with Crippen molar-refractivity contribution in [3.8, 4) is 0 Å². The normalized spacial score (nSPS) is 17.1. The Bertz CT molecular complexity index is 1860. The molecule has 396 valence electrons. The molecule has 0 aromatic carbocycles.